The van der Waals surface area contributed by atoms with E-state index in [0.717, 1.165) is 53.0 Å². The molecule has 3 aromatic carbocycles. The summed E-state index contributed by atoms with van der Waals surface area (Å²) in [5, 5.41) is 17.4. The number of nitrogens with zero attached hydrogens (tertiary/aromatic N) is 4. The number of thioether (sulfide) groups is 1. The Kier molecular flexibility index (Phi) is 9.86. The fraction of sp³-hybridized carbons (Fsp3) is 0.269. The Morgan fingerprint density at radius 1 is 0.917 bits per heavy atom. The summed E-state index contributed by atoms with van der Waals surface area (Å²) >= 11 is 13.7. The normalized spacial score (nSPS) is 11.0. The molecule has 4 aromatic rings. The van der Waals surface area contributed by atoms with Crippen molar-refractivity contribution in [1.82, 2.24) is 25.5 Å². The zero-order chi connectivity index (χ0) is 25.2. The Bertz CT molecular complexity index is 1260. The number of rotatable bonds is 13. The summed E-state index contributed by atoms with van der Waals surface area (Å²) in [6, 6.07) is 21.4. The van der Waals surface area contributed by atoms with Crippen molar-refractivity contribution in [1.29, 1.82) is 0 Å². The van der Waals surface area contributed by atoms with Gasteiger partial charge in [-0.05, 0) is 77.8 Å². The van der Waals surface area contributed by atoms with E-state index >= 15 is 0 Å². The van der Waals surface area contributed by atoms with Crippen LogP contribution < -0.4 is 14.8 Å². The smallest absolute Gasteiger partial charge is 0.214 e. The van der Waals surface area contributed by atoms with Gasteiger partial charge in [0.25, 0.3) is 0 Å². The molecule has 1 aromatic heterocycles. The molecule has 7 nitrogen and oxygen atoms in total. The number of benzene rings is 3. The molecule has 0 radical (unpaired) electrons. The van der Waals surface area contributed by atoms with Crippen LogP contribution in [0.25, 0.3) is 5.69 Å². The van der Waals surface area contributed by atoms with Gasteiger partial charge in [-0.1, -0.05) is 65.3 Å². The van der Waals surface area contributed by atoms with Gasteiger partial charge in [0.05, 0.1) is 22.3 Å². The van der Waals surface area contributed by atoms with E-state index in [0.29, 0.717) is 29.0 Å². The van der Waals surface area contributed by atoms with Gasteiger partial charge in [0.1, 0.15) is 6.61 Å². The summed E-state index contributed by atoms with van der Waals surface area (Å²) in [6.45, 7) is 4.50. The summed E-state index contributed by atoms with van der Waals surface area (Å²) in [5.41, 5.74) is 3.02. The van der Waals surface area contributed by atoms with E-state index in [1.165, 1.54) is 0 Å². The molecule has 0 aliphatic rings. The number of aromatic nitrogens is 4. The average Bonchev–Trinajstić information content (AvgIpc) is 3.37. The molecule has 0 aliphatic carbocycles. The van der Waals surface area contributed by atoms with E-state index in [4.69, 9.17) is 32.7 Å². The maximum absolute atomic E-state index is 6.11. The largest absolute Gasteiger partial charge is 0.490 e. The molecule has 36 heavy (non-hydrogen) atoms. The Morgan fingerprint density at radius 3 is 2.56 bits per heavy atom. The number of hydrogen-bond donors (Lipinski definition) is 1. The highest BCUT2D eigenvalue weighted by Gasteiger charge is 2.10. The Morgan fingerprint density at radius 2 is 1.75 bits per heavy atom. The first kappa shape index (κ1) is 26.3. The van der Waals surface area contributed by atoms with Crippen molar-refractivity contribution in [3.63, 3.8) is 0 Å². The van der Waals surface area contributed by atoms with E-state index < -0.39 is 0 Å². The first-order valence-corrected chi connectivity index (χ1v) is 13.4. The fourth-order valence-corrected chi connectivity index (χ4v) is 4.58. The van der Waals surface area contributed by atoms with Crippen LogP contribution in [-0.2, 0) is 13.2 Å². The molecule has 1 N–H and O–H groups in total. The van der Waals surface area contributed by atoms with E-state index in [9.17, 15) is 0 Å². The number of halogens is 2. The molecular formula is C26H27Cl2N5O2S. The predicted molar refractivity (Wildman–Crippen MR) is 145 cm³/mol. The molecule has 188 valence electrons. The minimum atomic E-state index is 0.375. The summed E-state index contributed by atoms with van der Waals surface area (Å²) in [6.07, 6.45) is 0.982. The number of nitrogens with one attached hydrogen (secondary N) is 1. The number of tetrazole rings is 1. The van der Waals surface area contributed by atoms with Crippen LogP contribution in [0.2, 0.25) is 10.0 Å². The van der Waals surface area contributed by atoms with Crippen molar-refractivity contribution >= 4 is 35.0 Å². The van der Waals surface area contributed by atoms with Crippen molar-refractivity contribution in [2.24, 2.45) is 0 Å². The van der Waals surface area contributed by atoms with Crippen LogP contribution in [0.1, 0.15) is 24.5 Å². The summed E-state index contributed by atoms with van der Waals surface area (Å²) in [7, 11) is 0. The van der Waals surface area contributed by atoms with Crippen molar-refractivity contribution in [3.8, 4) is 17.2 Å². The average molecular weight is 545 g/mol. The lowest BCUT2D eigenvalue weighted by atomic mass is 10.2. The minimum Gasteiger partial charge on any atom is -0.490 e. The second-order valence-electron chi connectivity index (χ2n) is 7.84. The van der Waals surface area contributed by atoms with Gasteiger partial charge in [0.2, 0.25) is 5.16 Å². The lowest BCUT2D eigenvalue weighted by Gasteiger charge is -2.14. The lowest BCUT2D eigenvalue weighted by Crippen LogP contribution is -2.15. The third-order valence-corrected chi connectivity index (χ3v) is 6.93. The van der Waals surface area contributed by atoms with Gasteiger partial charge in [-0.15, -0.1) is 5.10 Å². The minimum absolute atomic E-state index is 0.375. The Hall–Kier alpha value is -2.78. The zero-order valence-corrected chi connectivity index (χ0v) is 22.2. The Balaban J connectivity index is 1.23. The van der Waals surface area contributed by atoms with Gasteiger partial charge in [0.15, 0.2) is 11.5 Å². The molecular weight excluding hydrogens is 517 g/mol. The molecule has 0 bridgehead atoms. The maximum Gasteiger partial charge on any atom is 0.214 e. The highest BCUT2D eigenvalue weighted by molar-refractivity contribution is 7.99. The van der Waals surface area contributed by atoms with Gasteiger partial charge < -0.3 is 14.8 Å². The van der Waals surface area contributed by atoms with Crippen LogP contribution in [0.4, 0.5) is 0 Å². The predicted octanol–water partition coefficient (Wildman–Crippen LogP) is 6.22. The lowest BCUT2D eigenvalue weighted by molar-refractivity contribution is 0.269. The standard InChI is InChI=1S/C26H27Cl2N5O2S/c1-2-34-25-16-19(10-12-24(25)35-18-20-9-11-22(27)23(28)15-20)17-29-13-6-14-36-26-30-31-32-33(26)21-7-4-3-5-8-21/h3-5,7-12,15-16,29H,2,6,13-14,17-18H2,1H3. The van der Waals surface area contributed by atoms with E-state index in [1.54, 1.807) is 22.5 Å². The summed E-state index contributed by atoms with van der Waals surface area (Å²) in [5.74, 6) is 2.32. The highest BCUT2D eigenvalue weighted by atomic mass is 35.5. The van der Waals surface area contributed by atoms with E-state index in [1.807, 2.05) is 67.6 Å². The monoisotopic (exact) mass is 543 g/mol. The van der Waals surface area contributed by atoms with Crippen molar-refractivity contribution in [3.05, 3.63) is 87.9 Å². The molecule has 10 heteroatoms. The molecule has 0 fully saturated rings. The topological polar surface area (TPSA) is 74.1 Å². The molecule has 1 heterocycles. The van der Waals surface area contributed by atoms with Crippen LogP contribution in [0.5, 0.6) is 11.5 Å². The Labute approximate surface area is 225 Å². The quantitative estimate of drug-likeness (QED) is 0.158. The molecule has 0 unspecified atom stereocenters. The highest BCUT2D eigenvalue weighted by Crippen LogP contribution is 2.30. The number of hydrogen-bond acceptors (Lipinski definition) is 7. The van der Waals surface area contributed by atoms with Gasteiger partial charge in [-0.25, -0.2) is 0 Å². The van der Waals surface area contributed by atoms with Crippen molar-refractivity contribution < 1.29 is 9.47 Å². The molecule has 0 amide bonds. The summed E-state index contributed by atoms with van der Waals surface area (Å²) in [4.78, 5) is 0. The van der Waals surface area contributed by atoms with Crippen LogP contribution in [0.15, 0.2) is 71.9 Å². The zero-order valence-electron chi connectivity index (χ0n) is 19.9. The van der Waals surface area contributed by atoms with Gasteiger partial charge in [-0.3, -0.25) is 0 Å². The first-order valence-electron chi connectivity index (χ1n) is 11.6. The summed E-state index contributed by atoms with van der Waals surface area (Å²) < 4.78 is 13.6. The fourth-order valence-electron chi connectivity index (χ4n) is 3.43. The molecule has 0 saturated carbocycles. The van der Waals surface area contributed by atoms with E-state index in [2.05, 4.69) is 20.8 Å². The van der Waals surface area contributed by atoms with Gasteiger partial charge in [-0.2, -0.15) is 4.68 Å². The van der Waals surface area contributed by atoms with Gasteiger partial charge in [0, 0.05) is 12.3 Å². The van der Waals surface area contributed by atoms with Gasteiger partial charge >= 0.3 is 0 Å². The SMILES string of the molecule is CCOc1cc(CNCCCSc2nnnn2-c2ccccc2)ccc1OCc1ccc(Cl)c(Cl)c1. The van der Waals surface area contributed by atoms with Crippen LogP contribution in [0, 0.1) is 0 Å². The molecule has 4 rings (SSSR count). The second-order valence-corrected chi connectivity index (χ2v) is 9.72. The second kappa shape index (κ2) is 13.5. The first-order chi connectivity index (χ1) is 17.6. The molecule has 0 atom stereocenters. The number of ether oxygens (including phenoxy) is 2. The molecule has 0 spiro atoms. The van der Waals surface area contributed by atoms with E-state index in [-0.39, 0.29) is 0 Å². The van der Waals surface area contributed by atoms with Crippen molar-refractivity contribution in [2.75, 3.05) is 18.9 Å². The van der Waals surface area contributed by atoms with Crippen LogP contribution in [-0.4, -0.2) is 39.1 Å². The number of para-hydroxylation sites is 1. The molecule has 0 aliphatic heterocycles. The van der Waals surface area contributed by atoms with Crippen LogP contribution >= 0.6 is 35.0 Å². The third-order valence-electron chi connectivity index (χ3n) is 5.19. The third kappa shape index (κ3) is 7.36. The van der Waals surface area contributed by atoms with Crippen LogP contribution in [0.3, 0.4) is 0 Å². The maximum atomic E-state index is 6.11. The molecule has 0 saturated heterocycles. The van der Waals surface area contributed by atoms with Crippen molar-refractivity contribution in [2.45, 2.75) is 31.7 Å².